The average molecular weight is 450 g/mol. The van der Waals surface area contributed by atoms with Crippen molar-refractivity contribution in [2.45, 2.75) is 39.7 Å². The van der Waals surface area contributed by atoms with E-state index in [4.69, 9.17) is 33.0 Å². The van der Waals surface area contributed by atoms with Crippen LogP contribution in [0, 0.1) is 12.8 Å². The molecule has 1 aromatic carbocycles. The van der Waals surface area contributed by atoms with Crippen molar-refractivity contribution < 1.29 is 9.15 Å². The maximum atomic E-state index is 6.24. The highest BCUT2D eigenvalue weighted by atomic mass is 35.5. The van der Waals surface area contributed by atoms with Gasteiger partial charge in [0.2, 0.25) is 0 Å². The van der Waals surface area contributed by atoms with Crippen molar-refractivity contribution in [3.63, 3.8) is 0 Å². The fourth-order valence-corrected chi connectivity index (χ4v) is 4.36. The van der Waals surface area contributed by atoms with Crippen molar-refractivity contribution >= 4 is 34.6 Å². The smallest absolute Gasteiger partial charge is 0.173 e. The molecule has 164 valence electrons. The van der Waals surface area contributed by atoms with Crippen molar-refractivity contribution in [3.8, 4) is 5.75 Å². The summed E-state index contributed by atoms with van der Waals surface area (Å²) < 4.78 is 11.1. The molecule has 5 nitrogen and oxygen atoms in total. The number of ether oxygens (including phenoxy) is 1. The maximum Gasteiger partial charge on any atom is 0.173 e. The van der Waals surface area contributed by atoms with Crippen LogP contribution in [0.15, 0.2) is 34.9 Å². The summed E-state index contributed by atoms with van der Waals surface area (Å²) in [5.74, 6) is 2.36. The zero-order valence-corrected chi connectivity index (χ0v) is 19.7. The molecule has 1 N–H and O–H groups in total. The number of hydrogen-bond donors (Lipinski definition) is 1. The molecule has 0 spiro atoms. The number of anilines is 1. The second kappa shape index (κ2) is 11.0. The highest BCUT2D eigenvalue weighted by Crippen LogP contribution is 2.31. The van der Waals surface area contributed by atoms with Gasteiger partial charge in [-0.2, -0.15) is 0 Å². The first-order chi connectivity index (χ1) is 14.5. The standard InChI is InChI=1S/C23H32ClN3O2S/c1-17-7-4-9-26(15-17)10-6-11-27(16-19-8-5-12-29-19)23(30)25-21-13-18(2)20(24)14-22(21)28-3/h5,8,12-14,17H,4,6-7,9-11,15-16H2,1-3H3,(H,25,30)/t17-/m1/s1. The van der Waals surface area contributed by atoms with E-state index in [0.29, 0.717) is 22.4 Å². The zero-order chi connectivity index (χ0) is 21.5. The summed E-state index contributed by atoms with van der Waals surface area (Å²) in [6, 6.07) is 7.67. The van der Waals surface area contributed by atoms with Gasteiger partial charge in [0.05, 0.1) is 25.6 Å². The van der Waals surface area contributed by atoms with Gasteiger partial charge in [-0.25, -0.2) is 0 Å². The fraction of sp³-hybridized carbons (Fsp3) is 0.522. The molecule has 7 heteroatoms. The molecule has 1 saturated heterocycles. The van der Waals surface area contributed by atoms with E-state index in [1.807, 2.05) is 31.2 Å². The second-order valence-electron chi connectivity index (χ2n) is 8.13. The first kappa shape index (κ1) is 22.9. The Bertz CT molecular complexity index is 828. The predicted octanol–water partition coefficient (Wildman–Crippen LogP) is 5.57. The van der Waals surface area contributed by atoms with Crippen LogP contribution in [0.2, 0.25) is 5.02 Å². The lowest BCUT2D eigenvalue weighted by Crippen LogP contribution is -2.39. The van der Waals surface area contributed by atoms with E-state index in [2.05, 4.69) is 22.0 Å². The van der Waals surface area contributed by atoms with Gasteiger partial charge in [-0.05, 0) is 81.2 Å². The van der Waals surface area contributed by atoms with Crippen LogP contribution in [-0.2, 0) is 6.54 Å². The number of aryl methyl sites for hydroxylation is 1. The molecular weight excluding hydrogens is 418 g/mol. The number of piperidine rings is 1. The molecule has 2 heterocycles. The van der Waals surface area contributed by atoms with Gasteiger partial charge in [0.25, 0.3) is 0 Å². The van der Waals surface area contributed by atoms with Crippen LogP contribution in [0.3, 0.4) is 0 Å². The van der Waals surface area contributed by atoms with E-state index in [1.165, 1.54) is 25.9 Å². The summed E-state index contributed by atoms with van der Waals surface area (Å²) in [5, 5.41) is 4.68. The van der Waals surface area contributed by atoms with Crippen LogP contribution in [0.4, 0.5) is 5.69 Å². The van der Waals surface area contributed by atoms with Gasteiger partial charge < -0.3 is 24.3 Å². The molecule has 30 heavy (non-hydrogen) atoms. The monoisotopic (exact) mass is 449 g/mol. The number of hydrogen-bond acceptors (Lipinski definition) is 4. The molecule has 2 aromatic rings. The highest BCUT2D eigenvalue weighted by molar-refractivity contribution is 7.80. The Kier molecular flexibility index (Phi) is 8.42. The quantitative estimate of drug-likeness (QED) is 0.531. The number of methoxy groups -OCH3 is 1. The van der Waals surface area contributed by atoms with E-state index in [1.54, 1.807) is 13.4 Å². The first-order valence-electron chi connectivity index (χ1n) is 10.6. The molecule has 1 aliphatic heterocycles. The highest BCUT2D eigenvalue weighted by Gasteiger charge is 2.18. The van der Waals surface area contributed by atoms with Crippen LogP contribution < -0.4 is 10.1 Å². The van der Waals surface area contributed by atoms with Gasteiger partial charge in [0, 0.05) is 24.2 Å². The van der Waals surface area contributed by atoms with E-state index in [-0.39, 0.29) is 0 Å². The van der Waals surface area contributed by atoms with Crippen LogP contribution in [-0.4, -0.2) is 48.2 Å². The van der Waals surface area contributed by atoms with Crippen molar-refractivity contribution in [3.05, 3.63) is 46.9 Å². The summed E-state index contributed by atoms with van der Waals surface area (Å²) in [6.45, 7) is 9.28. The summed E-state index contributed by atoms with van der Waals surface area (Å²) in [5.41, 5.74) is 1.79. The van der Waals surface area contributed by atoms with E-state index in [0.717, 1.165) is 42.4 Å². The number of furan rings is 1. The van der Waals surface area contributed by atoms with E-state index in [9.17, 15) is 0 Å². The molecule has 0 unspecified atom stereocenters. The van der Waals surface area contributed by atoms with Crippen molar-refractivity contribution in [2.75, 3.05) is 38.6 Å². The lowest BCUT2D eigenvalue weighted by molar-refractivity contribution is 0.177. The number of nitrogens with zero attached hydrogens (tertiary/aromatic N) is 2. The number of rotatable bonds is 8. The van der Waals surface area contributed by atoms with Crippen molar-refractivity contribution in [2.24, 2.45) is 5.92 Å². The Labute approximate surface area is 190 Å². The largest absolute Gasteiger partial charge is 0.495 e. The van der Waals surface area contributed by atoms with Gasteiger partial charge in [0.1, 0.15) is 11.5 Å². The molecule has 0 saturated carbocycles. The summed E-state index contributed by atoms with van der Waals surface area (Å²) >= 11 is 12.0. The summed E-state index contributed by atoms with van der Waals surface area (Å²) in [7, 11) is 1.63. The minimum absolute atomic E-state index is 0.629. The van der Waals surface area contributed by atoms with Crippen LogP contribution in [0.25, 0.3) is 0 Å². The summed E-state index contributed by atoms with van der Waals surface area (Å²) in [4.78, 5) is 4.73. The molecule has 1 aliphatic rings. The molecule has 0 amide bonds. The minimum atomic E-state index is 0.629. The predicted molar refractivity (Wildman–Crippen MR) is 128 cm³/mol. The molecule has 0 radical (unpaired) electrons. The normalized spacial score (nSPS) is 17.0. The third-order valence-corrected chi connectivity index (χ3v) is 6.35. The number of nitrogens with one attached hydrogen (secondary N) is 1. The molecule has 1 atom stereocenters. The maximum absolute atomic E-state index is 6.24. The Morgan fingerprint density at radius 3 is 2.97 bits per heavy atom. The molecule has 0 aliphatic carbocycles. The lowest BCUT2D eigenvalue weighted by atomic mass is 10.0. The molecule has 3 rings (SSSR count). The Hall–Kier alpha value is -1.76. The topological polar surface area (TPSA) is 40.9 Å². The second-order valence-corrected chi connectivity index (χ2v) is 8.93. The van der Waals surface area contributed by atoms with Crippen LogP contribution in [0.5, 0.6) is 5.75 Å². The summed E-state index contributed by atoms with van der Waals surface area (Å²) in [6.07, 6.45) is 5.39. The Morgan fingerprint density at radius 2 is 2.27 bits per heavy atom. The van der Waals surface area contributed by atoms with Crippen LogP contribution in [0.1, 0.15) is 37.5 Å². The van der Waals surface area contributed by atoms with Crippen molar-refractivity contribution in [1.82, 2.24) is 9.80 Å². The number of thiocarbonyl (C=S) groups is 1. The molecular formula is C23H32ClN3O2S. The number of benzene rings is 1. The van der Waals surface area contributed by atoms with E-state index >= 15 is 0 Å². The zero-order valence-electron chi connectivity index (χ0n) is 18.1. The van der Waals surface area contributed by atoms with Gasteiger partial charge in [0.15, 0.2) is 5.11 Å². The van der Waals surface area contributed by atoms with Crippen LogP contribution >= 0.6 is 23.8 Å². The van der Waals surface area contributed by atoms with Gasteiger partial charge in [-0.1, -0.05) is 18.5 Å². The SMILES string of the molecule is COc1cc(Cl)c(C)cc1NC(=S)N(CCCN1CCC[C@@H](C)C1)Cc1ccco1. The number of halogens is 1. The van der Waals surface area contributed by atoms with Crippen molar-refractivity contribution in [1.29, 1.82) is 0 Å². The molecule has 1 aromatic heterocycles. The van der Waals surface area contributed by atoms with Gasteiger partial charge in [-0.3, -0.25) is 0 Å². The minimum Gasteiger partial charge on any atom is -0.495 e. The average Bonchev–Trinajstić information content (AvgIpc) is 3.23. The number of likely N-dealkylation sites (tertiary alicyclic amines) is 1. The third-order valence-electron chi connectivity index (χ3n) is 5.58. The fourth-order valence-electron chi connectivity index (χ4n) is 3.94. The Morgan fingerprint density at radius 1 is 1.43 bits per heavy atom. The molecule has 1 fully saturated rings. The van der Waals surface area contributed by atoms with Gasteiger partial charge >= 0.3 is 0 Å². The van der Waals surface area contributed by atoms with Gasteiger partial charge in [-0.15, -0.1) is 0 Å². The third kappa shape index (κ3) is 6.37. The Balaban J connectivity index is 1.65. The first-order valence-corrected chi connectivity index (χ1v) is 11.4. The van der Waals surface area contributed by atoms with E-state index < -0.39 is 0 Å². The lowest BCUT2D eigenvalue weighted by Gasteiger charge is -2.32. The molecule has 0 bridgehead atoms.